The van der Waals surface area contributed by atoms with E-state index in [2.05, 4.69) is 34.5 Å². The van der Waals surface area contributed by atoms with Crippen LogP contribution in [0.1, 0.15) is 79.5 Å². The summed E-state index contributed by atoms with van der Waals surface area (Å²) in [5, 5.41) is 0. The molecule has 3 rings (SSSR count). The lowest BCUT2D eigenvalue weighted by Gasteiger charge is -2.38. The van der Waals surface area contributed by atoms with E-state index in [1.807, 2.05) is 78.2 Å². The summed E-state index contributed by atoms with van der Waals surface area (Å²) in [5.41, 5.74) is 5.51. The molecule has 2 aromatic rings. The van der Waals surface area contributed by atoms with E-state index in [4.69, 9.17) is 9.73 Å². The summed E-state index contributed by atoms with van der Waals surface area (Å²) in [4.78, 5) is 25.8. The molecule has 1 amide bonds. The zero-order valence-electron chi connectivity index (χ0n) is 28.4. The van der Waals surface area contributed by atoms with Crippen LogP contribution >= 0.6 is 0 Å². The van der Waals surface area contributed by atoms with Gasteiger partial charge in [-0.1, -0.05) is 50.6 Å². The molecule has 10 heteroatoms. The zero-order valence-corrected chi connectivity index (χ0v) is 28.4. The average Bonchev–Trinajstić information content (AvgIpc) is 2.99. The Morgan fingerprint density at radius 2 is 1.67 bits per heavy atom. The number of piperazine rings is 1. The molecule has 0 spiro atoms. The van der Waals surface area contributed by atoms with E-state index in [0.717, 1.165) is 66.2 Å². The number of benzene rings is 1. The molecule has 0 unspecified atom stereocenters. The van der Waals surface area contributed by atoms with Crippen molar-refractivity contribution in [3.05, 3.63) is 89.5 Å². The molecule has 1 fully saturated rings. The van der Waals surface area contributed by atoms with Gasteiger partial charge in [-0.15, -0.1) is 13.2 Å². The van der Waals surface area contributed by atoms with E-state index >= 15 is 0 Å². The second-order valence-electron chi connectivity index (χ2n) is 11.8. The quantitative estimate of drug-likeness (QED) is 0.202. The van der Waals surface area contributed by atoms with Gasteiger partial charge in [0.05, 0.1) is 5.69 Å². The first kappa shape index (κ1) is 38.1. The number of allylic oxidation sites excluding steroid dienone is 5. The number of carbonyl (C=O) groups excluding carboxylic acids is 1. The fourth-order valence-corrected chi connectivity index (χ4v) is 4.82. The van der Waals surface area contributed by atoms with Crippen molar-refractivity contribution in [2.24, 2.45) is 4.99 Å². The third-order valence-corrected chi connectivity index (χ3v) is 6.91. The van der Waals surface area contributed by atoms with Gasteiger partial charge in [-0.25, -0.2) is 4.79 Å². The lowest BCUT2D eigenvalue weighted by atomic mass is 9.95. The summed E-state index contributed by atoms with van der Waals surface area (Å²) < 4.78 is 44.8. The first-order valence-corrected chi connectivity index (χ1v) is 15.7. The fourth-order valence-electron chi connectivity index (χ4n) is 4.82. The van der Waals surface area contributed by atoms with Gasteiger partial charge in [-0.3, -0.25) is 9.98 Å². The molecule has 1 aliphatic heterocycles. The number of hydrogen-bond donors (Lipinski definition) is 0. The van der Waals surface area contributed by atoms with E-state index in [9.17, 15) is 18.0 Å². The van der Waals surface area contributed by atoms with Gasteiger partial charge >= 0.3 is 12.5 Å². The first-order chi connectivity index (χ1) is 21.7. The van der Waals surface area contributed by atoms with Crippen LogP contribution in [0.5, 0.6) is 5.75 Å². The minimum atomic E-state index is -4.61. The molecule has 1 saturated heterocycles. The Kier molecular flexibility index (Phi) is 15.0. The highest BCUT2D eigenvalue weighted by Crippen LogP contribution is 2.28. The average molecular weight is 643 g/mol. The predicted molar refractivity (Wildman–Crippen MR) is 180 cm³/mol. The zero-order chi connectivity index (χ0) is 34.3. The Bertz CT molecular complexity index is 1370. The fraction of sp³-hybridized carbons (Fsp3) is 0.472. The van der Waals surface area contributed by atoms with E-state index < -0.39 is 12.0 Å². The molecular weight excluding hydrogens is 593 g/mol. The topological polar surface area (TPSA) is 67.3 Å². The number of aromatic nitrogens is 1. The smallest absolute Gasteiger partial charge is 0.444 e. The summed E-state index contributed by atoms with van der Waals surface area (Å²) in [6.45, 7) is 18.7. The molecule has 0 aliphatic carbocycles. The van der Waals surface area contributed by atoms with Crippen molar-refractivity contribution in [2.75, 3.05) is 26.2 Å². The lowest BCUT2D eigenvalue weighted by Crippen LogP contribution is -2.49. The van der Waals surface area contributed by atoms with Gasteiger partial charge in [0.2, 0.25) is 0 Å². The van der Waals surface area contributed by atoms with E-state index in [-0.39, 0.29) is 11.8 Å². The van der Waals surface area contributed by atoms with Crippen molar-refractivity contribution >= 4 is 17.4 Å². The number of hydrogen-bond acceptors (Lipinski definition) is 6. The van der Waals surface area contributed by atoms with Crippen LogP contribution in [0.2, 0.25) is 0 Å². The number of aryl methyl sites for hydroxylation is 1. The number of amides is 1. The van der Waals surface area contributed by atoms with Crippen LogP contribution in [0.4, 0.5) is 18.0 Å². The highest BCUT2D eigenvalue weighted by Gasteiger charge is 2.31. The van der Waals surface area contributed by atoms with Crippen LogP contribution in [0.15, 0.2) is 83.3 Å². The SMILES string of the molecule is CCCc1cccc(OC(F)(F)F)c1.C\C=C(C(/C(C)=N/C=C/CC)=C(/C)N1CCN(C(=O)OC(C)(C)C)CC1)\c1ccccn1. The van der Waals surface area contributed by atoms with Gasteiger partial charge in [0, 0.05) is 61.1 Å². The number of pyridine rings is 1. The largest absolute Gasteiger partial charge is 0.573 e. The molecule has 46 heavy (non-hydrogen) atoms. The molecule has 0 N–H and O–H groups in total. The van der Waals surface area contributed by atoms with Crippen molar-refractivity contribution < 1.29 is 27.4 Å². The Morgan fingerprint density at radius 1 is 1.00 bits per heavy atom. The van der Waals surface area contributed by atoms with Crippen LogP contribution in [-0.2, 0) is 11.2 Å². The van der Waals surface area contributed by atoms with E-state index in [0.29, 0.717) is 13.1 Å². The van der Waals surface area contributed by atoms with Crippen molar-refractivity contribution in [1.29, 1.82) is 0 Å². The molecular formula is C36H49F3N4O3. The van der Waals surface area contributed by atoms with Crippen LogP contribution in [-0.4, -0.2) is 64.7 Å². The second kappa shape index (κ2) is 18.2. The van der Waals surface area contributed by atoms with Crippen molar-refractivity contribution in [2.45, 2.75) is 86.6 Å². The molecule has 252 valence electrons. The van der Waals surface area contributed by atoms with Crippen molar-refractivity contribution in [1.82, 2.24) is 14.8 Å². The number of alkyl halides is 3. The van der Waals surface area contributed by atoms with Crippen LogP contribution in [0.3, 0.4) is 0 Å². The van der Waals surface area contributed by atoms with Crippen molar-refractivity contribution in [3.8, 4) is 5.75 Å². The summed E-state index contributed by atoms with van der Waals surface area (Å²) in [6, 6.07) is 12.0. The molecule has 7 nitrogen and oxygen atoms in total. The summed E-state index contributed by atoms with van der Waals surface area (Å²) >= 11 is 0. The highest BCUT2D eigenvalue weighted by atomic mass is 19.4. The first-order valence-electron chi connectivity index (χ1n) is 15.7. The standard InChI is InChI=1S/C26H38N4O2.C10H11F3O/c1-8-10-14-27-20(3)24(22(9-2)23-13-11-12-15-28-23)21(4)29-16-18-30(19-17-29)25(31)32-26(5,6)7;1-2-4-8-5-3-6-9(7-8)14-10(11,12)13/h9-15H,8,16-19H2,1-7H3;3,5-7H,2,4H2,1H3/b14-10+,22-9-,24-21-,27-20+;. The minimum absolute atomic E-state index is 0.150. The van der Waals surface area contributed by atoms with Gasteiger partial charge in [-0.2, -0.15) is 0 Å². The van der Waals surface area contributed by atoms with E-state index in [1.54, 1.807) is 17.0 Å². The summed E-state index contributed by atoms with van der Waals surface area (Å²) in [7, 11) is 0. The van der Waals surface area contributed by atoms with Crippen molar-refractivity contribution in [3.63, 3.8) is 0 Å². The molecule has 0 radical (unpaired) electrons. The van der Waals surface area contributed by atoms with Gasteiger partial charge in [-0.05, 0) is 84.2 Å². The molecule has 2 heterocycles. The molecule has 1 aromatic carbocycles. The van der Waals surface area contributed by atoms with Gasteiger partial charge < -0.3 is 19.3 Å². The third kappa shape index (κ3) is 13.1. The van der Waals surface area contributed by atoms with Crippen LogP contribution < -0.4 is 4.74 Å². The number of nitrogens with zero attached hydrogens (tertiary/aromatic N) is 4. The Labute approximate surface area is 272 Å². The normalized spacial score (nSPS) is 15.3. The lowest BCUT2D eigenvalue weighted by molar-refractivity contribution is -0.274. The number of halogens is 3. The Balaban J connectivity index is 0.000000438. The van der Waals surface area contributed by atoms with Crippen LogP contribution in [0, 0.1) is 0 Å². The highest BCUT2D eigenvalue weighted by molar-refractivity contribution is 6.12. The van der Waals surface area contributed by atoms with E-state index in [1.165, 1.54) is 12.1 Å². The summed E-state index contributed by atoms with van der Waals surface area (Å²) in [6.07, 6.45) is 5.58. The molecule has 0 saturated carbocycles. The van der Waals surface area contributed by atoms with Crippen LogP contribution in [0.25, 0.3) is 5.57 Å². The number of ether oxygens (including phenoxy) is 2. The van der Waals surface area contributed by atoms with Gasteiger partial charge in [0.15, 0.2) is 0 Å². The minimum Gasteiger partial charge on any atom is -0.444 e. The maximum absolute atomic E-state index is 12.4. The Morgan fingerprint density at radius 3 is 2.22 bits per heavy atom. The Hall–Kier alpha value is -4.08. The predicted octanol–water partition coefficient (Wildman–Crippen LogP) is 9.23. The number of rotatable bonds is 9. The molecule has 1 aromatic heterocycles. The molecule has 0 bridgehead atoms. The maximum atomic E-state index is 12.4. The molecule has 0 atom stereocenters. The summed E-state index contributed by atoms with van der Waals surface area (Å²) in [5.74, 6) is -0.150. The maximum Gasteiger partial charge on any atom is 0.573 e. The third-order valence-electron chi connectivity index (χ3n) is 6.91. The number of carbonyl (C=O) groups is 1. The number of aliphatic imine (C=N–C) groups is 1. The monoisotopic (exact) mass is 642 g/mol. The molecule has 1 aliphatic rings. The second-order valence-corrected chi connectivity index (χ2v) is 11.8. The van der Waals surface area contributed by atoms with Gasteiger partial charge in [0.25, 0.3) is 0 Å². The van der Waals surface area contributed by atoms with Gasteiger partial charge in [0.1, 0.15) is 11.4 Å².